The summed E-state index contributed by atoms with van der Waals surface area (Å²) in [5, 5.41) is 2.75. The molecule has 0 spiro atoms. The maximum Gasteiger partial charge on any atom is 0.263 e. The highest BCUT2D eigenvalue weighted by Crippen LogP contribution is 2.08. The zero-order valence-corrected chi connectivity index (χ0v) is 13.4. The van der Waals surface area contributed by atoms with E-state index in [-0.39, 0.29) is 11.1 Å². The van der Waals surface area contributed by atoms with Crippen molar-refractivity contribution in [3.05, 3.63) is 100.0 Å². The quantitative estimate of drug-likeness (QED) is 0.801. The molecule has 0 fully saturated rings. The Hall–Kier alpha value is -3.14. The number of rotatable bonds is 4. The second-order valence-corrected chi connectivity index (χ2v) is 5.66. The van der Waals surface area contributed by atoms with Gasteiger partial charge in [-0.3, -0.25) is 9.59 Å². The average Bonchev–Trinajstić information content (AvgIpc) is 2.58. The average molecular weight is 318 g/mol. The molecular weight excluding hydrogens is 300 g/mol. The second-order valence-electron chi connectivity index (χ2n) is 5.66. The summed E-state index contributed by atoms with van der Waals surface area (Å²) in [6.07, 6.45) is 1.70. The van der Waals surface area contributed by atoms with E-state index in [9.17, 15) is 9.59 Å². The topological polar surface area (TPSA) is 51.1 Å². The molecular formula is C20H18N2O2. The summed E-state index contributed by atoms with van der Waals surface area (Å²) >= 11 is 0. The maximum atomic E-state index is 12.6. The molecule has 0 aliphatic heterocycles. The van der Waals surface area contributed by atoms with E-state index in [0.717, 1.165) is 11.1 Å². The lowest BCUT2D eigenvalue weighted by molar-refractivity contribution is 0.102. The van der Waals surface area contributed by atoms with Crippen molar-refractivity contribution in [1.82, 2.24) is 4.57 Å². The number of pyridine rings is 1. The Labute approximate surface area is 140 Å². The SMILES string of the molecule is Cc1cccc(Cn2cccc(C(=O)Nc3ccccc3)c2=O)c1. The molecule has 1 N–H and O–H groups in total. The first-order chi connectivity index (χ1) is 11.6. The number of para-hydroxylation sites is 1. The van der Waals surface area contributed by atoms with Gasteiger partial charge >= 0.3 is 0 Å². The Morgan fingerprint density at radius 1 is 1.00 bits per heavy atom. The second kappa shape index (κ2) is 6.96. The van der Waals surface area contributed by atoms with Crippen molar-refractivity contribution in [3.8, 4) is 0 Å². The molecule has 1 heterocycles. The van der Waals surface area contributed by atoms with Gasteiger partial charge in [0.25, 0.3) is 11.5 Å². The third kappa shape index (κ3) is 3.60. The van der Waals surface area contributed by atoms with E-state index < -0.39 is 5.91 Å². The van der Waals surface area contributed by atoms with E-state index in [1.165, 1.54) is 0 Å². The number of carbonyl (C=O) groups is 1. The molecule has 0 aliphatic rings. The normalized spacial score (nSPS) is 10.4. The lowest BCUT2D eigenvalue weighted by atomic mass is 10.1. The number of anilines is 1. The first-order valence-electron chi connectivity index (χ1n) is 7.75. The molecule has 4 heteroatoms. The van der Waals surface area contributed by atoms with Crippen molar-refractivity contribution in [2.45, 2.75) is 13.5 Å². The number of benzene rings is 2. The molecule has 2 aromatic carbocycles. The van der Waals surface area contributed by atoms with E-state index in [0.29, 0.717) is 12.2 Å². The number of nitrogens with zero attached hydrogens (tertiary/aromatic N) is 1. The summed E-state index contributed by atoms with van der Waals surface area (Å²) in [4.78, 5) is 25.0. The van der Waals surface area contributed by atoms with Gasteiger partial charge in [-0.1, -0.05) is 48.0 Å². The maximum absolute atomic E-state index is 12.6. The van der Waals surface area contributed by atoms with Gasteiger partial charge in [-0.25, -0.2) is 0 Å². The Kier molecular flexibility index (Phi) is 4.57. The monoisotopic (exact) mass is 318 g/mol. The van der Waals surface area contributed by atoms with Gasteiger partial charge in [0, 0.05) is 11.9 Å². The van der Waals surface area contributed by atoms with Crippen molar-refractivity contribution < 1.29 is 4.79 Å². The third-order valence-corrected chi connectivity index (χ3v) is 3.73. The molecule has 0 radical (unpaired) electrons. The molecule has 0 unspecified atom stereocenters. The zero-order chi connectivity index (χ0) is 16.9. The van der Waals surface area contributed by atoms with Gasteiger partial charge in [0.1, 0.15) is 5.56 Å². The summed E-state index contributed by atoms with van der Waals surface area (Å²) in [5.74, 6) is -0.398. The molecule has 24 heavy (non-hydrogen) atoms. The Morgan fingerprint density at radius 2 is 1.79 bits per heavy atom. The molecule has 0 atom stereocenters. The van der Waals surface area contributed by atoms with Crippen LogP contribution < -0.4 is 10.9 Å². The highest BCUT2D eigenvalue weighted by Gasteiger charge is 2.12. The van der Waals surface area contributed by atoms with Crippen LogP contribution >= 0.6 is 0 Å². The highest BCUT2D eigenvalue weighted by molar-refractivity contribution is 6.03. The van der Waals surface area contributed by atoms with Crippen LogP contribution in [0.1, 0.15) is 21.5 Å². The van der Waals surface area contributed by atoms with Gasteiger partial charge < -0.3 is 9.88 Å². The predicted octanol–water partition coefficient (Wildman–Crippen LogP) is 3.46. The van der Waals surface area contributed by atoms with E-state index in [4.69, 9.17) is 0 Å². The molecule has 0 aliphatic carbocycles. The van der Waals surface area contributed by atoms with Crippen LogP contribution in [0.5, 0.6) is 0 Å². The van der Waals surface area contributed by atoms with Crippen molar-refractivity contribution in [3.63, 3.8) is 0 Å². The van der Waals surface area contributed by atoms with Crippen molar-refractivity contribution in [2.75, 3.05) is 5.32 Å². The molecule has 120 valence electrons. The lowest BCUT2D eigenvalue weighted by Gasteiger charge is -2.09. The summed E-state index contributed by atoms with van der Waals surface area (Å²) in [6.45, 7) is 2.45. The predicted molar refractivity (Wildman–Crippen MR) is 95.4 cm³/mol. The smallest absolute Gasteiger partial charge is 0.263 e. The van der Waals surface area contributed by atoms with Crippen LogP contribution in [0.15, 0.2) is 77.7 Å². The molecule has 0 saturated carbocycles. The summed E-state index contributed by atoms with van der Waals surface area (Å²) in [7, 11) is 0. The van der Waals surface area contributed by atoms with Gasteiger partial charge in [-0.05, 0) is 36.8 Å². The van der Waals surface area contributed by atoms with Crippen molar-refractivity contribution in [1.29, 1.82) is 0 Å². The van der Waals surface area contributed by atoms with Crippen molar-refractivity contribution in [2.24, 2.45) is 0 Å². The lowest BCUT2D eigenvalue weighted by Crippen LogP contribution is -2.29. The minimum absolute atomic E-state index is 0.133. The number of aryl methyl sites for hydroxylation is 1. The first-order valence-corrected chi connectivity index (χ1v) is 7.75. The standard InChI is InChI=1S/C20H18N2O2/c1-15-7-5-8-16(13-15)14-22-12-6-11-18(20(22)24)19(23)21-17-9-3-2-4-10-17/h2-13H,14H2,1H3,(H,21,23). The number of carbonyl (C=O) groups excluding carboxylic acids is 1. The molecule has 1 aromatic heterocycles. The van der Waals surface area contributed by atoms with Crippen LogP contribution in [0.3, 0.4) is 0 Å². The molecule has 0 saturated heterocycles. The van der Waals surface area contributed by atoms with Gasteiger partial charge in [0.15, 0.2) is 0 Å². The number of hydrogen-bond acceptors (Lipinski definition) is 2. The van der Waals surface area contributed by atoms with Gasteiger partial charge in [-0.2, -0.15) is 0 Å². The van der Waals surface area contributed by atoms with Crippen LogP contribution in [0.4, 0.5) is 5.69 Å². The van der Waals surface area contributed by atoms with Gasteiger partial charge in [-0.15, -0.1) is 0 Å². The fraction of sp³-hybridized carbons (Fsp3) is 0.100. The van der Waals surface area contributed by atoms with E-state index in [1.807, 2.05) is 49.4 Å². The Balaban J connectivity index is 1.85. The largest absolute Gasteiger partial charge is 0.322 e. The number of amides is 1. The number of nitrogens with one attached hydrogen (secondary N) is 1. The van der Waals surface area contributed by atoms with Gasteiger partial charge in [0.05, 0.1) is 6.54 Å². The molecule has 1 amide bonds. The number of hydrogen-bond donors (Lipinski definition) is 1. The minimum Gasteiger partial charge on any atom is -0.322 e. The molecule has 3 rings (SSSR count). The van der Waals surface area contributed by atoms with E-state index >= 15 is 0 Å². The number of aromatic nitrogens is 1. The van der Waals surface area contributed by atoms with Crippen LogP contribution in [0.2, 0.25) is 0 Å². The minimum atomic E-state index is -0.398. The Morgan fingerprint density at radius 3 is 2.54 bits per heavy atom. The third-order valence-electron chi connectivity index (χ3n) is 3.73. The van der Waals surface area contributed by atoms with Crippen LogP contribution in [0, 0.1) is 6.92 Å². The molecule has 3 aromatic rings. The Bertz CT molecular complexity index is 914. The zero-order valence-electron chi connectivity index (χ0n) is 13.4. The summed E-state index contributed by atoms with van der Waals surface area (Å²) < 4.78 is 1.55. The van der Waals surface area contributed by atoms with E-state index in [1.54, 1.807) is 35.0 Å². The summed E-state index contributed by atoms with van der Waals surface area (Å²) in [6, 6.07) is 20.3. The first kappa shape index (κ1) is 15.7. The van der Waals surface area contributed by atoms with Crippen molar-refractivity contribution >= 4 is 11.6 Å². The molecule has 0 bridgehead atoms. The van der Waals surface area contributed by atoms with E-state index in [2.05, 4.69) is 5.32 Å². The van der Waals surface area contributed by atoms with Crippen LogP contribution in [-0.2, 0) is 6.54 Å². The van der Waals surface area contributed by atoms with Crippen LogP contribution in [0.25, 0.3) is 0 Å². The fourth-order valence-electron chi connectivity index (χ4n) is 2.56. The van der Waals surface area contributed by atoms with Gasteiger partial charge in [0.2, 0.25) is 0 Å². The fourth-order valence-corrected chi connectivity index (χ4v) is 2.56. The summed E-state index contributed by atoms with van der Waals surface area (Å²) in [5.41, 5.74) is 2.66. The molecule has 4 nitrogen and oxygen atoms in total. The highest BCUT2D eigenvalue weighted by atomic mass is 16.2. The van der Waals surface area contributed by atoms with Crippen LogP contribution in [-0.4, -0.2) is 10.5 Å².